The van der Waals surface area contributed by atoms with E-state index in [0.717, 1.165) is 32.7 Å². The van der Waals surface area contributed by atoms with Crippen molar-refractivity contribution in [2.24, 2.45) is 5.84 Å². The summed E-state index contributed by atoms with van der Waals surface area (Å²) in [5, 5.41) is 9.46. The van der Waals surface area contributed by atoms with Gasteiger partial charge in [-0.25, -0.2) is 5.01 Å². The summed E-state index contributed by atoms with van der Waals surface area (Å²) < 4.78 is 0. The predicted octanol–water partition coefficient (Wildman–Crippen LogP) is 1.19. The molecule has 4 nitrogen and oxygen atoms in total. The number of aliphatic hydroxyl groups excluding tert-OH is 1. The van der Waals surface area contributed by atoms with Gasteiger partial charge >= 0.3 is 0 Å². The van der Waals surface area contributed by atoms with E-state index in [0.29, 0.717) is 0 Å². The van der Waals surface area contributed by atoms with Crippen LogP contribution in [0.15, 0.2) is 36.4 Å². The Bertz CT molecular complexity index is 346. The first-order valence-electron chi connectivity index (χ1n) is 6.80. The van der Waals surface area contributed by atoms with E-state index in [9.17, 15) is 0 Å². The van der Waals surface area contributed by atoms with Crippen molar-refractivity contribution >= 4 is 6.08 Å². The zero-order chi connectivity index (χ0) is 13.9. The minimum atomic E-state index is 0.250. The fraction of sp³-hybridized carbons (Fsp3) is 0.467. The number of benzene rings is 1. The van der Waals surface area contributed by atoms with Crippen LogP contribution in [0, 0.1) is 0 Å². The Balaban J connectivity index is 0.000000550. The second-order valence-corrected chi connectivity index (χ2v) is 4.47. The Morgan fingerprint density at radius 2 is 1.74 bits per heavy atom. The van der Waals surface area contributed by atoms with E-state index in [4.69, 9.17) is 10.9 Å². The minimum Gasteiger partial charge on any atom is -0.397 e. The average Bonchev–Trinajstić information content (AvgIpc) is 2.43. The van der Waals surface area contributed by atoms with Crippen LogP contribution in [0.5, 0.6) is 0 Å². The Kier molecular flexibility index (Phi) is 8.09. The summed E-state index contributed by atoms with van der Waals surface area (Å²) in [6, 6.07) is 10.4. The van der Waals surface area contributed by atoms with Crippen molar-refractivity contribution in [3.63, 3.8) is 0 Å². The third-order valence-electron chi connectivity index (χ3n) is 2.88. The van der Waals surface area contributed by atoms with Gasteiger partial charge in [-0.05, 0) is 12.5 Å². The molecule has 0 unspecified atom stereocenters. The lowest BCUT2D eigenvalue weighted by Crippen LogP contribution is -2.49. The topological polar surface area (TPSA) is 52.7 Å². The molecule has 4 heteroatoms. The number of aliphatic hydroxyl groups is 1. The number of nitrogens with zero attached hydrogens (tertiary/aromatic N) is 2. The normalized spacial score (nSPS) is 17.2. The van der Waals surface area contributed by atoms with Crippen LogP contribution in [0.3, 0.4) is 0 Å². The maximum Gasteiger partial charge on any atom is 0.0402 e. The maximum atomic E-state index is 7.57. The molecule has 0 spiro atoms. The number of hydrogen-bond donors (Lipinski definition) is 2. The molecule has 19 heavy (non-hydrogen) atoms. The smallest absolute Gasteiger partial charge is 0.0402 e. The lowest BCUT2D eigenvalue weighted by molar-refractivity contribution is 0.144. The molecule has 1 fully saturated rings. The van der Waals surface area contributed by atoms with Crippen molar-refractivity contribution in [2.45, 2.75) is 6.92 Å². The third kappa shape index (κ3) is 7.08. The van der Waals surface area contributed by atoms with E-state index in [1.807, 2.05) is 11.1 Å². The molecule has 0 aliphatic carbocycles. The fourth-order valence-electron chi connectivity index (χ4n) is 1.85. The monoisotopic (exact) mass is 263 g/mol. The van der Waals surface area contributed by atoms with Crippen molar-refractivity contribution < 1.29 is 5.11 Å². The lowest BCUT2D eigenvalue weighted by Gasteiger charge is -2.31. The number of rotatable bonds is 3. The van der Waals surface area contributed by atoms with Crippen LogP contribution in [-0.2, 0) is 0 Å². The van der Waals surface area contributed by atoms with E-state index >= 15 is 0 Å². The van der Waals surface area contributed by atoms with Crippen LogP contribution in [0.4, 0.5) is 0 Å². The van der Waals surface area contributed by atoms with Gasteiger partial charge < -0.3 is 5.11 Å². The highest BCUT2D eigenvalue weighted by Gasteiger charge is 2.11. The van der Waals surface area contributed by atoms with Crippen molar-refractivity contribution in [3.05, 3.63) is 42.0 Å². The zero-order valence-corrected chi connectivity index (χ0v) is 11.7. The van der Waals surface area contributed by atoms with Gasteiger partial charge in [-0.2, -0.15) is 0 Å². The zero-order valence-electron chi connectivity index (χ0n) is 11.7. The van der Waals surface area contributed by atoms with Crippen LogP contribution in [-0.4, -0.2) is 54.3 Å². The van der Waals surface area contributed by atoms with Gasteiger partial charge in [0.1, 0.15) is 0 Å². The molecule has 0 saturated carbocycles. The molecule has 1 heterocycles. The second-order valence-electron chi connectivity index (χ2n) is 4.47. The first-order valence-corrected chi connectivity index (χ1v) is 6.80. The summed E-state index contributed by atoms with van der Waals surface area (Å²) >= 11 is 0. The molecule has 0 atom stereocenters. The highest BCUT2D eigenvalue weighted by molar-refractivity contribution is 5.48. The van der Waals surface area contributed by atoms with Crippen molar-refractivity contribution in [1.82, 2.24) is 9.91 Å². The molecule has 0 amide bonds. The highest BCUT2D eigenvalue weighted by Crippen LogP contribution is 2.02. The lowest BCUT2D eigenvalue weighted by atomic mass is 10.2. The summed E-state index contributed by atoms with van der Waals surface area (Å²) in [6.45, 7) is 7.02. The van der Waals surface area contributed by atoms with E-state index in [1.165, 1.54) is 5.56 Å². The largest absolute Gasteiger partial charge is 0.397 e. The quantitative estimate of drug-likeness (QED) is 0.804. The highest BCUT2D eigenvalue weighted by atomic mass is 16.2. The van der Waals surface area contributed by atoms with E-state index in [-0.39, 0.29) is 6.61 Å². The molecule has 1 aliphatic rings. The number of piperazine rings is 1. The molecule has 1 aromatic rings. The number of nitrogens with two attached hydrogens (primary N) is 1. The van der Waals surface area contributed by atoms with Crippen LogP contribution in [0.1, 0.15) is 12.5 Å². The summed E-state index contributed by atoms with van der Waals surface area (Å²) in [6.07, 6.45) is 4.40. The summed E-state index contributed by atoms with van der Waals surface area (Å²) in [4.78, 5) is 2.42. The SMILES string of the molecule is CCO.NN1CCN(CC=Cc2ccccc2)CC1. The van der Waals surface area contributed by atoms with Gasteiger partial charge in [0.15, 0.2) is 0 Å². The molecule has 106 valence electrons. The Morgan fingerprint density at radius 3 is 2.32 bits per heavy atom. The van der Waals surface area contributed by atoms with Gasteiger partial charge in [-0.3, -0.25) is 10.7 Å². The van der Waals surface area contributed by atoms with Crippen molar-refractivity contribution in [2.75, 3.05) is 39.3 Å². The average molecular weight is 263 g/mol. The molecular formula is C15H25N3O. The van der Waals surface area contributed by atoms with Crippen LogP contribution in [0.2, 0.25) is 0 Å². The van der Waals surface area contributed by atoms with Gasteiger partial charge in [0, 0.05) is 39.3 Å². The van der Waals surface area contributed by atoms with Crippen molar-refractivity contribution in [1.29, 1.82) is 0 Å². The molecule has 2 rings (SSSR count). The van der Waals surface area contributed by atoms with Gasteiger partial charge in [0.2, 0.25) is 0 Å². The van der Waals surface area contributed by atoms with E-state index < -0.39 is 0 Å². The van der Waals surface area contributed by atoms with Crippen LogP contribution >= 0.6 is 0 Å². The van der Waals surface area contributed by atoms with Crippen LogP contribution < -0.4 is 5.84 Å². The van der Waals surface area contributed by atoms with Crippen LogP contribution in [0.25, 0.3) is 6.08 Å². The third-order valence-corrected chi connectivity index (χ3v) is 2.88. The van der Waals surface area contributed by atoms with E-state index in [2.05, 4.69) is 41.3 Å². The summed E-state index contributed by atoms with van der Waals surface area (Å²) in [7, 11) is 0. The first-order chi connectivity index (χ1) is 9.26. The van der Waals surface area contributed by atoms with E-state index in [1.54, 1.807) is 6.92 Å². The van der Waals surface area contributed by atoms with Gasteiger partial charge in [-0.15, -0.1) is 0 Å². The minimum absolute atomic E-state index is 0.250. The molecule has 0 bridgehead atoms. The Labute approximate surface area is 116 Å². The summed E-state index contributed by atoms with van der Waals surface area (Å²) in [5.74, 6) is 5.71. The molecule has 0 aromatic heterocycles. The Morgan fingerprint density at radius 1 is 1.16 bits per heavy atom. The molecule has 3 N–H and O–H groups in total. The molecule has 0 radical (unpaired) electrons. The predicted molar refractivity (Wildman–Crippen MR) is 80.4 cm³/mol. The maximum absolute atomic E-state index is 7.57. The second kappa shape index (κ2) is 9.69. The molecule has 1 aromatic carbocycles. The number of hydrazine groups is 1. The Hall–Kier alpha value is -1.20. The summed E-state index contributed by atoms with van der Waals surface area (Å²) in [5.41, 5.74) is 1.26. The van der Waals surface area contributed by atoms with Gasteiger partial charge in [-0.1, -0.05) is 42.5 Å². The van der Waals surface area contributed by atoms with Gasteiger partial charge in [0.25, 0.3) is 0 Å². The molecule has 1 saturated heterocycles. The number of hydrogen-bond acceptors (Lipinski definition) is 4. The molecular weight excluding hydrogens is 238 g/mol. The van der Waals surface area contributed by atoms with Gasteiger partial charge in [0.05, 0.1) is 0 Å². The first kappa shape index (κ1) is 15.9. The fourth-order valence-corrected chi connectivity index (χ4v) is 1.85. The standard InChI is InChI=1S/C13H19N3.C2H6O/c14-16-11-9-15(10-12-16)8-4-7-13-5-2-1-3-6-13;1-2-3/h1-7H,8-12,14H2;3H,2H2,1H3. The molecule has 1 aliphatic heterocycles. The van der Waals surface area contributed by atoms with Crippen molar-refractivity contribution in [3.8, 4) is 0 Å².